The van der Waals surface area contributed by atoms with E-state index in [4.69, 9.17) is 4.74 Å². The number of halogens is 2. The molecule has 1 aromatic carbocycles. The molecule has 6 heteroatoms. The Morgan fingerprint density at radius 3 is 2.57 bits per heavy atom. The van der Waals surface area contributed by atoms with Gasteiger partial charge < -0.3 is 10.1 Å². The van der Waals surface area contributed by atoms with Crippen molar-refractivity contribution >= 4 is 11.6 Å². The third kappa shape index (κ3) is 3.65. The van der Waals surface area contributed by atoms with Gasteiger partial charge in [0.1, 0.15) is 6.10 Å². The van der Waals surface area contributed by atoms with Crippen LogP contribution in [0.2, 0.25) is 0 Å². The van der Waals surface area contributed by atoms with E-state index in [1.165, 1.54) is 6.92 Å². The van der Waals surface area contributed by atoms with Crippen molar-refractivity contribution < 1.29 is 18.3 Å². The second-order valence-electron chi connectivity index (χ2n) is 7.91. The highest BCUT2D eigenvalue weighted by molar-refractivity contribution is 5.95. The van der Waals surface area contributed by atoms with Crippen LogP contribution in [-0.2, 0) is 16.0 Å². The number of carbonyl (C=O) groups is 1. The number of benzene rings is 1. The lowest BCUT2D eigenvalue weighted by Crippen LogP contribution is -2.33. The normalized spacial score (nSPS) is 23.6. The lowest BCUT2D eigenvalue weighted by atomic mass is 9.77. The second-order valence-corrected chi connectivity index (χ2v) is 7.91. The number of amides is 1. The number of nitrogens with one attached hydrogen (secondary N) is 1. The van der Waals surface area contributed by atoms with Crippen LogP contribution in [0.25, 0.3) is 0 Å². The third-order valence-electron chi connectivity index (χ3n) is 5.85. The van der Waals surface area contributed by atoms with Crippen molar-refractivity contribution in [3.8, 4) is 0 Å². The zero-order chi connectivity index (χ0) is 20.6. The Hall–Kier alpha value is -2.34. The van der Waals surface area contributed by atoms with Crippen LogP contribution in [0, 0.1) is 24.5 Å². The number of rotatable bonds is 4. The fourth-order valence-electron chi connectivity index (χ4n) is 3.80. The minimum absolute atomic E-state index is 0.0765. The fourth-order valence-corrected chi connectivity index (χ4v) is 3.80. The zero-order valence-electron chi connectivity index (χ0n) is 16.8. The highest BCUT2D eigenvalue weighted by atomic mass is 19.2. The molecular weight excluding hydrogens is 362 g/mol. The van der Waals surface area contributed by atoms with Crippen molar-refractivity contribution in [1.29, 1.82) is 0 Å². The molecule has 3 rings (SSSR count). The number of aryl methyl sites for hydroxylation is 1. The number of hydrogen-bond acceptors (Lipinski definition) is 3. The Morgan fingerprint density at radius 2 is 1.96 bits per heavy atom. The van der Waals surface area contributed by atoms with Crippen LogP contribution in [0.5, 0.6) is 0 Å². The van der Waals surface area contributed by atoms with Gasteiger partial charge in [0.2, 0.25) is 0 Å². The van der Waals surface area contributed by atoms with Crippen LogP contribution in [-0.4, -0.2) is 22.6 Å². The first-order valence-corrected chi connectivity index (χ1v) is 9.53. The van der Waals surface area contributed by atoms with E-state index in [9.17, 15) is 13.6 Å². The largest absolute Gasteiger partial charge is 0.362 e. The number of ether oxygens (including phenoxy) is 1. The summed E-state index contributed by atoms with van der Waals surface area (Å²) in [5.74, 6) is -2.57. The van der Waals surface area contributed by atoms with Crippen molar-refractivity contribution in [3.63, 3.8) is 0 Å². The Labute approximate surface area is 164 Å². The number of nitrogens with zero attached hydrogens (tertiary/aromatic N) is 1. The SMILES string of the molecule is CCc1ccc(NC(=O)[C@H]2OC(C)(C)[C@@H](C)[C@@H]2c2ccc(F)c(F)c2C)cn1. The lowest BCUT2D eigenvalue weighted by molar-refractivity contribution is -0.131. The predicted molar refractivity (Wildman–Crippen MR) is 104 cm³/mol. The molecule has 1 aliphatic heterocycles. The molecular formula is C22H26F2N2O2. The Morgan fingerprint density at radius 1 is 1.25 bits per heavy atom. The molecule has 1 N–H and O–H groups in total. The van der Waals surface area contributed by atoms with Gasteiger partial charge in [-0.3, -0.25) is 9.78 Å². The van der Waals surface area contributed by atoms with Crippen LogP contribution in [0.3, 0.4) is 0 Å². The monoisotopic (exact) mass is 388 g/mol. The van der Waals surface area contributed by atoms with Gasteiger partial charge in [0.25, 0.3) is 5.91 Å². The Bertz CT molecular complexity index is 881. The fraction of sp³-hybridized carbons (Fsp3) is 0.455. The summed E-state index contributed by atoms with van der Waals surface area (Å²) in [7, 11) is 0. The number of hydrogen-bond donors (Lipinski definition) is 1. The summed E-state index contributed by atoms with van der Waals surface area (Å²) in [5.41, 5.74) is 1.72. The van der Waals surface area contributed by atoms with E-state index in [-0.39, 0.29) is 17.4 Å². The van der Waals surface area contributed by atoms with Gasteiger partial charge in [-0.25, -0.2) is 8.78 Å². The van der Waals surface area contributed by atoms with Gasteiger partial charge in [-0.2, -0.15) is 0 Å². The molecule has 150 valence electrons. The summed E-state index contributed by atoms with van der Waals surface area (Å²) in [4.78, 5) is 17.3. The van der Waals surface area contributed by atoms with Crippen molar-refractivity contribution in [3.05, 3.63) is 58.9 Å². The van der Waals surface area contributed by atoms with E-state index in [0.29, 0.717) is 11.3 Å². The summed E-state index contributed by atoms with van der Waals surface area (Å²) in [5, 5.41) is 2.84. The minimum Gasteiger partial charge on any atom is -0.362 e. The molecule has 2 heterocycles. The topological polar surface area (TPSA) is 51.2 Å². The first kappa shape index (κ1) is 20.4. The van der Waals surface area contributed by atoms with Crippen molar-refractivity contribution in [2.24, 2.45) is 5.92 Å². The quantitative estimate of drug-likeness (QED) is 0.821. The van der Waals surface area contributed by atoms with Gasteiger partial charge in [0, 0.05) is 11.6 Å². The summed E-state index contributed by atoms with van der Waals surface area (Å²) in [6.45, 7) is 9.32. The van der Waals surface area contributed by atoms with Gasteiger partial charge in [0.05, 0.1) is 17.5 Å². The first-order valence-electron chi connectivity index (χ1n) is 9.53. The van der Waals surface area contributed by atoms with Gasteiger partial charge in [0.15, 0.2) is 11.6 Å². The molecule has 1 aromatic heterocycles. The maximum atomic E-state index is 14.2. The number of carbonyl (C=O) groups excluding carboxylic acids is 1. The van der Waals surface area contributed by atoms with E-state index in [2.05, 4.69) is 10.3 Å². The lowest BCUT2D eigenvalue weighted by Gasteiger charge is -2.25. The average Bonchev–Trinajstić information content (AvgIpc) is 2.91. The summed E-state index contributed by atoms with van der Waals surface area (Å²) >= 11 is 0. The van der Waals surface area contributed by atoms with Crippen molar-refractivity contribution in [1.82, 2.24) is 4.98 Å². The number of anilines is 1. The maximum absolute atomic E-state index is 14.2. The standard InChI is InChI=1S/C22H26F2N2O2/c1-6-14-7-8-15(11-25-14)26-21(27)20-18(13(3)22(4,5)28-20)16-9-10-17(23)19(24)12(16)2/h7-11,13,18,20H,6H2,1-5H3,(H,26,27)/t13-,18+,20-/m0/s1. The molecule has 3 atom stereocenters. The Kier molecular flexibility index (Phi) is 5.53. The number of pyridine rings is 1. The molecule has 0 spiro atoms. The van der Waals surface area contributed by atoms with Crippen molar-refractivity contribution in [2.45, 2.75) is 58.7 Å². The molecule has 0 radical (unpaired) electrons. The van der Waals surface area contributed by atoms with Crippen LogP contribution >= 0.6 is 0 Å². The summed E-state index contributed by atoms with van der Waals surface area (Å²) in [6.07, 6.45) is 1.60. The number of aromatic nitrogens is 1. The third-order valence-corrected chi connectivity index (χ3v) is 5.85. The molecule has 0 unspecified atom stereocenters. The molecule has 1 fully saturated rings. The molecule has 1 amide bonds. The second kappa shape index (κ2) is 7.59. The summed E-state index contributed by atoms with van der Waals surface area (Å²) < 4.78 is 33.9. The van der Waals surface area contributed by atoms with Crippen LogP contribution in [0.4, 0.5) is 14.5 Å². The maximum Gasteiger partial charge on any atom is 0.254 e. The smallest absolute Gasteiger partial charge is 0.254 e. The van der Waals surface area contributed by atoms with Gasteiger partial charge in [-0.15, -0.1) is 0 Å². The molecule has 0 bridgehead atoms. The highest BCUT2D eigenvalue weighted by Gasteiger charge is 2.51. The van der Waals surface area contributed by atoms with Gasteiger partial charge in [-0.05, 0) is 62.4 Å². The molecule has 0 saturated carbocycles. The van der Waals surface area contributed by atoms with E-state index in [0.717, 1.165) is 18.2 Å². The Balaban J connectivity index is 1.93. The molecule has 28 heavy (non-hydrogen) atoms. The van der Waals surface area contributed by atoms with Gasteiger partial charge in [-0.1, -0.05) is 19.9 Å². The molecule has 1 aliphatic rings. The van der Waals surface area contributed by atoms with E-state index in [1.54, 1.807) is 18.3 Å². The van der Waals surface area contributed by atoms with Crippen molar-refractivity contribution in [2.75, 3.05) is 5.32 Å². The summed E-state index contributed by atoms with van der Waals surface area (Å²) in [6, 6.07) is 6.31. The first-order chi connectivity index (χ1) is 13.2. The minimum atomic E-state index is -0.893. The van der Waals surface area contributed by atoms with Crippen LogP contribution in [0.1, 0.15) is 50.4 Å². The predicted octanol–water partition coefficient (Wildman–Crippen LogP) is 4.77. The highest BCUT2D eigenvalue weighted by Crippen LogP contribution is 2.47. The average molecular weight is 388 g/mol. The zero-order valence-corrected chi connectivity index (χ0v) is 16.8. The molecule has 4 nitrogen and oxygen atoms in total. The van der Waals surface area contributed by atoms with E-state index >= 15 is 0 Å². The van der Waals surface area contributed by atoms with E-state index < -0.39 is 29.3 Å². The molecule has 0 aliphatic carbocycles. The molecule has 2 aromatic rings. The van der Waals surface area contributed by atoms with Crippen LogP contribution < -0.4 is 5.32 Å². The van der Waals surface area contributed by atoms with Gasteiger partial charge >= 0.3 is 0 Å². The molecule has 1 saturated heterocycles. The van der Waals surface area contributed by atoms with Crippen LogP contribution in [0.15, 0.2) is 30.5 Å². The van der Waals surface area contributed by atoms with E-state index in [1.807, 2.05) is 33.8 Å².